The number of aliphatic carboxylic acids is 1. The summed E-state index contributed by atoms with van der Waals surface area (Å²) in [6, 6.07) is 4.06. The first kappa shape index (κ1) is 13.8. The molecule has 0 radical (unpaired) electrons. The maximum Gasteiger partial charge on any atom is 0.417 e. The molecule has 0 amide bonds. The van der Waals surface area contributed by atoms with Gasteiger partial charge in [-0.1, -0.05) is 0 Å². The number of hydrogen-bond acceptors (Lipinski definition) is 5. The Balaban J connectivity index is 1.96. The predicted octanol–water partition coefficient (Wildman–Crippen LogP) is 0.216. The molecule has 0 unspecified atom stereocenters. The number of carboxylic acid groups (broad SMARTS) is 1. The maximum absolute atomic E-state index is 12.5. The van der Waals surface area contributed by atoms with Crippen LogP contribution in [0.1, 0.15) is 6.42 Å². The van der Waals surface area contributed by atoms with Gasteiger partial charge in [-0.3, -0.25) is 9.78 Å². The van der Waals surface area contributed by atoms with Gasteiger partial charge in [0.2, 0.25) is 10.0 Å². The molecule has 21 heavy (non-hydrogen) atoms. The Bertz CT molecular complexity index is 865. The summed E-state index contributed by atoms with van der Waals surface area (Å²) in [6.45, 7) is 0.112. The molecule has 0 bridgehead atoms. The molecule has 1 fully saturated rings. The molecule has 1 aliphatic rings. The molecule has 1 saturated heterocycles. The minimum atomic E-state index is -3.79. The van der Waals surface area contributed by atoms with Gasteiger partial charge in [0.1, 0.15) is 0 Å². The van der Waals surface area contributed by atoms with Gasteiger partial charge in [0.05, 0.1) is 16.3 Å². The Labute approximate surface area is 119 Å². The van der Waals surface area contributed by atoms with Crippen molar-refractivity contribution in [2.24, 2.45) is 5.92 Å². The number of fused-ring (bicyclic) bond motifs is 1. The van der Waals surface area contributed by atoms with Gasteiger partial charge in [-0.2, -0.15) is 4.31 Å². The second-order valence-corrected chi connectivity index (χ2v) is 6.80. The zero-order valence-electron chi connectivity index (χ0n) is 10.8. The van der Waals surface area contributed by atoms with E-state index in [-0.39, 0.29) is 30.0 Å². The summed E-state index contributed by atoms with van der Waals surface area (Å²) in [6.07, 6.45) is 0.288. The molecule has 9 heteroatoms. The van der Waals surface area contributed by atoms with Gasteiger partial charge < -0.3 is 9.52 Å². The number of nitrogens with one attached hydrogen (secondary N) is 1. The molecule has 2 aromatic rings. The maximum atomic E-state index is 12.5. The summed E-state index contributed by atoms with van der Waals surface area (Å²) >= 11 is 0. The normalized spacial score (nSPS) is 20.1. The van der Waals surface area contributed by atoms with Crippen LogP contribution in [-0.4, -0.2) is 41.9 Å². The van der Waals surface area contributed by atoms with E-state index in [9.17, 15) is 18.0 Å². The third kappa shape index (κ3) is 2.34. The highest BCUT2D eigenvalue weighted by Crippen LogP contribution is 2.26. The van der Waals surface area contributed by atoms with Crippen LogP contribution in [0, 0.1) is 5.92 Å². The van der Waals surface area contributed by atoms with Crippen molar-refractivity contribution in [2.75, 3.05) is 13.1 Å². The van der Waals surface area contributed by atoms with E-state index >= 15 is 0 Å². The predicted molar refractivity (Wildman–Crippen MR) is 71.3 cm³/mol. The summed E-state index contributed by atoms with van der Waals surface area (Å²) in [5.74, 6) is -2.35. The van der Waals surface area contributed by atoms with Gasteiger partial charge in [-0.25, -0.2) is 13.2 Å². The number of hydrogen-bond donors (Lipinski definition) is 2. The summed E-state index contributed by atoms with van der Waals surface area (Å²) in [4.78, 5) is 24.4. The number of rotatable bonds is 3. The first-order valence-corrected chi connectivity index (χ1v) is 7.68. The second kappa shape index (κ2) is 4.71. The summed E-state index contributed by atoms with van der Waals surface area (Å²) < 4.78 is 30.9. The van der Waals surface area contributed by atoms with Gasteiger partial charge >= 0.3 is 11.7 Å². The Kier molecular flexibility index (Phi) is 3.10. The largest absolute Gasteiger partial charge is 0.481 e. The van der Waals surface area contributed by atoms with Gasteiger partial charge in [0, 0.05) is 19.2 Å². The molecule has 1 aliphatic heterocycles. The monoisotopic (exact) mass is 312 g/mol. The average Bonchev–Trinajstić information content (AvgIpc) is 3.03. The van der Waals surface area contributed by atoms with Crippen LogP contribution in [0.2, 0.25) is 0 Å². The quantitative estimate of drug-likeness (QED) is 0.836. The minimum Gasteiger partial charge on any atom is -0.481 e. The van der Waals surface area contributed by atoms with Crippen molar-refractivity contribution in [1.82, 2.24) is 9.29 Å². The number of carbonyl (C=O) groups is 1. The fraction of sp³-hybridized carbons (Fsp3) is 0.333. The molecule has 3 rings (SSSR count). The molecule has 1 atom stereocenters. The van der Waals surface area contributed by atoms with Crippen molar-refractivity contribution in [3.05, 3.63) is 28.7 Å². The lowest BCUT2D eigenvalue weighted by molar-refractivity contribution is -0.141. The van der Waals surface area contributed by atoms with Gasteiger partial charge in [-0.15, -0.1) is 0 Å². The van der Waals surface area contributed by atoms with E-state index in [1.165, 1.54) is 18.2 Å². The third-order valence-electron chi connectivity index (χ3n) is 3.53. The highest BCUT2D eigenvalue weighted by atomic mass is 32.2. The van der Waals surface area contributed by atoms with Gasteiger partial charge in [0.25, 0.3) is 0 Å². The van der Waals surface area contributed by atoms with E-state index in [1.54, 1.807) is 0 Å². The van der Waals surface area contributed by atoms with Crippen LogP contribution in [0.3, 0.4) is 0 Å². The number of carboxylic acids is 1. The highest BCUT2D eigenvalue weighted by molar-refractivity contribution is 7.89. The van der Waals surface area contributed by atoms with Crippen molar-refractivity contribution >= 4 is 27.1 Å². The number of nitrogens with zero attached hydrogens (tertiary/aromatic N) is 1. The second-order valence-electron chi connectivity index (χ2n) is 4.86. The third-order valence-corrected chi connectivity index (χ3v) is 5.39. The van der Waals surface area contributed by atoms with Crippen molar-refractivity contribution in [1.29, 1.82) is 0 Å². The van der Waals surface area contributed by atoms with E-state index in [1.807, 2.05) is 0 Å². The summed E-state index contributed by atoms with van der Waals surface area (Å²) in [7, 11) is -3.79. The van der Waals surface area contributed by atoms with E-state index in [4.69, 9.17) is 9.52 Å². The highest BCUT2D eigenvalue weighted by Gasteiger charge is 2.35. The number of aromatic nitrogens is 1. The van der Waals surface area contributed by atoms with Crippen molar-refractivity contribution < 1.29 is 22.7 Å². The molecule has 1 aromatic carbocycles. The molecule has 8 nitrogen and oxygen atoms in total. The fourth-order valence-corrected chi connectivity index (χ4v) is 3.90. The number of sulfonamides is 1. The molecule has 2 heterocycles. The van der Waals surface area contributed by atoms with Crippen LogP contribution in [0.15, 0.2) is 32.3 Å². The Hall–Kier alpha value is -2.13. The van der Waals surface area contributed by atoms with Crippen LogP contribution in [0.5, 0.6) is 0 Å². The van der Waals surface area contributed by atoms with E-state index < -0.39 is 27.7 Å². The molecular formula is C12H12N2O6S. The topological polar surface area (TPSA) is 121 Å². The SMILES string of the molecule is O=C(O)[C@H]1CCN(S(=O)(=O)c2ccc3[nH]c(=O)oc3c2)C1. The standard InChI is InChI=1S/C12H12N2O6S/c15-11(16)7-3-4-14(6-7)21(18,19)8-1-2-9-10(5-8)20-12(17)13-9/h1-2,5,7H,3-4,6H2,(H,13,17)(H,15,16)/t7-/m0/s1. The summed E-state index contributed by atoms with van der Waals surface area (Å²) in [5, 5.41) is 8.94. The zero-order chi connectivity index (χ0) is 15.2. The first-order chi connectivity index (χ1) is 9.88. The number of aromatic amines is 1. The number of oxazole rings is 1. The lowest BCUT2D eigenvalue weighted by atomic mass is 10.1. The Morgan fingerprint density at radius 3 is 2.86 bits per heavy atom. The Morgan fingerprint density at radius 1 is 1.43 bits per heavy atom. The van der Waals surface area contributed by atoms with Crippen molar-refractivity contribution in [3.63, 3.8) is 0 Å². The van der Waals surface area contributed by atoms with E-state index in [2.05, 4.69) is 4.98 Å². The molecule has 2 N–H and O–H groups in total. The van der Waals surface area contributed by atoms with Crippen LogP contribution >= 0.6 is 0 Å². The van der Waals surface area contributed by atoms with Gasteiger partial charge in [-0.05, 0) is 18.6 Å². The molecular weight excluding hydrogens is 300 g/mol. The van der Waals surface area contributed by atoms with E-state index in [0.29, 0.717) is 5.52 Å². The smallest absolute Gasteiger partial charge is 0.417 e. The zero-order valence-corrected chi connectivity index (χ0v) is 11.6. The van der Waals surface area contributed by atoms with Crippen LogP contribution in [-0.2, 0) is 14.8 Å². The fourth-order valence-electron chi connectivity index (χ4n) is 2.38. The number of benzene rings is 1. The molecule has 0 spiro atoms. The lowest BCUT2D eigenvalue weighted by Gasteiger charge is -2.15. The Morgan fingerprint density at radius 2 is 2.19 bits per heavy atom. The lowest BCUT2D eigenvalue weighted by Crippen LogP contribution is -2.30. The van der Waals surface area contributed by atoms with Crippen LogP contribution < -0.4 is 5.76 Å². The summed E-state index contributed by atoms with van der Waals surface area (Å²) in [5.41, 5.74) is 0.554. The van der Waals surface area contributed by atoms with Crippen molar-refractivity contribution in [2.45, 2.75) is 11.3 Å². The first-order valence-electron chi connectivity index (χ1n) is 6.24. The van der Waals surface area contributed by atoms with Crippen molar-refractivity contribution in [3.8, 4) is 0 Å². The average molecular weight is 312 g/mol. The minimum absolute atomic E-state index is 0.0243. The molecule has 0 aliphatic carbocycles. The molecule has 1 aromatic heterocycles. The van der Waals surface area contributed by atoms with Crippen LogP contribution in [0.25, 0.3) is 11.1 Å². The molecule has 112 valence electrons. The number of H-pyrrole nitrogens is 1. The van der Waals surface area contributed by atoms with Gasteiger partial charge in [0.15, 0.2) is 5.58 Å². The van der Waals surface area contributed by atoms with Crippen LogP contribution in [0.4, 0.5) is 0 Å². The van der Waals surface area contributed by atoms with E-state index in [0.717, 1.165) is 4.31 Å². The molecule has 0 saturated carbocycles.